The van der Waals surface area contributed by atoms with Gasteiger partial charge in [-0.25, -0.2) is 4.79 Å². The van der Waals surface area contributed by atoms with E-state index in [0.717, 1.165) is 5.56 Å². The molecule has 2 rings (SSSR count). The lowest BCUT2D eigenvalue weighted by atomic mass is 10.3. The first-order chi connectivity index (χ1) is 8.24. The van der Waals surface area contributed by atoms with Crippen molar-refractivity contribution >= 4 is 11.8 Å². The molecule has 0 saturated carbocycles. The minimum atomic E-state index is -0.324. The fourth-order valence-corrected chi connectivity index (χ4v) is 1.27. The highest BCUT2D eigenvalue weighted by molar-refractivity contribution is 5.88. The summed E-state index contributed by atoms with van der Waals surface area (Å²) in [5.41, 5.74) is 0.978. The van der Waals surface area contributed by atoms with Crippen molar-refractivity contribution in [2.45, 2.75) is 13.5 Å². The predicted octanol–water partition coefficient (Wildman–Crippen LogP) is 1.70. The van der Waals surface area contributed by atoms with Gasteiger partial charge in [0.2, 0.25) is 0 Å². The highest BCUT2D eigenvalue weighted by atomic mass is 16.5. The summed E-state index contributed by atoms with van der Waals surface area (Å²) in [6.45, 7) is 2.19. The molecule has 0 bridgehead atoms. The van der Waals surface area contributed by atoms with E-state index in [1.165, 1.54) is 0 Å². The van der Waals surface area contributed by atoms with E-state index in [-0.39, 0.29) is 6.03 Å². The fraction of sp³-hybridized carbons (Fsp3) is 0.182. The van der Waals surface area contributed by atoms with Crippen molar-refractivity contribution in [1.82, 2.24) is 15.5 Å². The summed E-state index contributed by atoms with van der Waals surface area (Å²) in [7, 11) is 0. The molecule has 2 aromatic rings. The minimum Gasteiger partial charge on any atom is -0.360 e. The molecule has 0 aliphatic rings. The third-order valence-electron chi connectivity index (χ3n) is 2.07. The SMILES string of the molecule is Cc1cc(NC(=O)NCc2ccncc2)no1. The summed E-state index contributed by atoms with van der Waals surface area (Å²) in [4.78, 5) is 15.4. The average molecular weight is 232 g/mol. The van der Waals surface area contributed by atoms with Crippen LogP contribution in [0.25, 0.3) is 0 Å². The molecular formula is C11H12N4O2. The number of carbonyl (C=O) groups excluding carboxylic acids is 1. The van der Waals surface area contributed by atoms with Gasteiger partial charge >= 0.3 is 6.03 Å². The second-order valence-corrected chi connectivity index (χ2v) is 3.49. The van der Waals surface area contributed by atoms with Gasteiger partial charge in [0.25, 0.3) is 0 Å². The van der Waals surface area contributed by atoms with E-state index >= 15 is 0 Å². The largest absolute Gasteiger partial charge is 0.360 e. The van der Waals surface area contributed by atoms with Crippen LogP contribution in [-0.2, 0) is 6.54 Å². The molecule has 0 spiro atoms. The summed E-state index contributed by atoms with van der Waals surface area (Å²) in [6.07, 6.45) is 3.35. The number of urea groups is 1. The number of hydrogen-bond acceptors (Lipinski definition) is 4. The van der Waals surface area contributed by atoms with E-state index in [2.05, 4.69) is 20.8 Å². The van der Waals surface area contributed by atoms with Crippen molar-refractivity contribution in [3.05, 3.63) is 41.9 Å². The maximum atomic E-state index is 11.5. The average Bonchev–Trinajstić information content (AvgIpc) is 2.73. The van der Waals surface area contributed by atoms with Crippen LogP contribution in [0, 0.1) is 6.92 Å². The van der Waals surface area contributed by atoms with Crippen LogP contribution in [0.5, 0.6) is 0 Å². The number of anilines is 1. The summed E-state index contributed by atoms with van der Waals surface area (Å²) >= 11 is 0. The van der Waals surface area contributed by atoms with Crippen LogP contribution in [0.3, 0.4) is 0 Å². The molecule has 0 aliphatic heterocycles. The van der Waals surface area contributed by atoms with Gasteiger partial charge in [-0.2, -0.15) is 0 Å². The monoisotopic (exact) mass is 232 g/mol. The second kappa shape index (κ2) is 5.11. The Kier molecular flexibility index (Phi) is 3.34. The quantitative estimate of drug-likeness (QED) is 0.844. The summed E-state index contributed by atoms with van der Waals surface area (Å²) in [5.74, 6) is 1.05. The zero-order valence-electron chi connectivity index (χ0n) is 9.30. The highest BCUT2D eigenvalue weighted by Gasteiger charge is 2.04. The Balaban J connectivity index is 1.82. The zero-order chi connectivity index (χ0) is 12.1. The molecule has 2 heterocycles. The van der Waals surface area contributed by atoms with Crippen LogP contribution in [0.1, 0.15) is 11.3 Å². The van der Waals surface area contributed by atoms with Crippen LogP contribution < -0.4 is 10.6 Å². The van der Waals surface area contributed by atoms with Gasteiger partial charge in [-0.15, -0.1) is 0 Å². The molecule has 17 heavy (non-hydrogen) atoms. The Morgan fingerprint density at radius 1 is 1.41 bits per heavy atom. The van der Waals surface area contributed by atoms with Gasteiger partial charge in [-0.1, -0.05) is 5.16 Å². The lowest BCUT2D eigenvalue weighted by Gasteiger charge is -2.04. The number of amides is 2. The van der Waals surface area contributed by atoms with E-state index in [4.69, 9.17) is 4.52 Å². The third-order valence-corrected chi connectivity index (χ3v) is 2.07. The molecule has 0 saturated heterocycles. The van der Waals surface area contributed by atoms with E-state index < -0.39 is 0 Å². The Morgan fingerprint density at radius 3 is 2.82 bits per heavy atom. The molecule has 0 aromatic carbocycles. The number of nitrogens with one attached hydrogen (secondary N) is 2. The molecule has 0 aliphatic carbocycles. The maximum absolute atomic E-state index is 11.5. The van der Waals surface area contributed by atoms with E-state index in [0.29, 0.717) is 18.1 Å². The predicted molar refractivity (Wildman–Crippen MR) is 61.3 cm³/mol. The van der Waals surface area contributed by atoms with Gasteiger partial charge in [-0.3, -0.25) is 10.3 Å². The van der Waals surface area contributed by atoms with Gasteiger partial charge in [0.05, 0.1) is 0 Å². The maximum Gasteiger partial charge on any atom is 0.320 e. The van der Waals surface area contributed by atoms with Gasteiger partial charge in [-0.05, 0) is 24.6 Å². The molecule has 2 aromatic heterocycles. The van der Waals surface area contributed by atoms with Crippen LogP contribution in [-0.4, -0.2) is 16.2 Å². The summed E-state index contributed by atoms with van der Waals surface area (Å²) < 4.78 is 4.83. The molecular weight excluding hydrogens is 220 g/mol. The number of hydrogen-bond donors (Lipinski definition) is 2. The number of rotatable bonds is 3. The van der Waals surface area contributed by atoms with Gasteiger partial charge < -0.3 is 9.84 Å². The molecule has 2 amide bonds. The second-order valence-electron chi connectivity index (χ2n) is 3.49. The molecule has 88 valence electrons. The Labute approximate surface area is 98.0 Å². The minimum absolute atomic E-state index is 0.324. The first-order valence-corrected chi connectivity index (χ1v) is 5.11. The normalized spacial score (nSPS) is 9.94. The molecule has 0 unspecified atom stereocenters. The molecule has 0 radical (unpaired) electrons. The van der Waals surface area contributed by atoms with E-state index in [9.17, 15) is 4.79 Å². The van der Waals surface area contributed by atoms with Gasteiger partial charge in [0.15, 0.2) is 5.82 Å². The summed E-state index contributed by atoms with van der Waals surface area (Å²) in [5, 5.41) is 8.91. The molecule has 6 heteroatoms. The lowest BCUT2D eigenvalue weighted by molar-refractivity contribution is 0.251. The van der Waals surface area contributed by atoms with Crippen LogP contribution in [0.2, 0.25) is 0 Å². The van der Waals surface area contributed by atoms with E-state index in [1.807, 2.05) is 12.1 Å². The Hall–Kier alpha value is -2.37. The molecule has 0 fully saturated rings. The topological polar surface area (TPSA) is 80.0 Å². The van der Waals surface area contributed by atoms with Crippen LogP contribution in [0.15, 0.2) is 35.1 Å². The van der Waals surface area contributed by atoms with Crippen LogP contribution >= 0.6 is 0 Å². The molecule has 6 nitrogen and oxygen atoms in total. The Bertz CT molecular complexity index is 495. The van der Waals surface area contributed by atoms with Crippen molar-refractivity contribution in [3.8, 4) is 0 Å². The summed E-state index contributed by atoms with van der Waals surface area (Å²) in [6, 6.07) is 4.99. The number of aromatic nitrogens is 2. The van der Waals surface area contributed by atoms with Gasteiger partial charge in [0.1, 0.15) is 5.76 Å². The smallest absolute Gasteiger partial charge is 0.320 e. The van der Waals surface area contributed by atoms with Crippen molar-refractivity contribution in [2.75, 3.05) is 5.32 Å². The number of carbonyl (C=O) groups is 1. The number of nitrogens with zero attached hydrogens (tertiary/aromatic N) is 2. The van der Waals surface area contributed by atoms with Crippen molar-refractivity contribution < 1.29 is 9.32 Å². The first kappa shape index (κ1) is 11.1. The third kappa shape index (κ3) is 3.30. The highest BCUT2D eigenvalue weighted by Crippen LogP contribution is 2.06. The van der Waals surface area contributed by atoms with Crippen molar-refractivity contribution in [3.63, 3.8) is 0 Å². The number of pyridine rings is 1. The number of aryl methyl sites for hydroxylation is 1. The molecule has 0 atom stereocenters. The first-order valence-electron chi connectivity index (χ1n) is 5.11. The van der Waals surface area contributed by atoms with Crippen molar-refractivity contribution in [2.24, 2.45) is 0 Å². The van der Waals surface area contributed by atoms with E-state index in [1.54, 1.807) is 25.4 Å². The lowest BCUT2D eigenvalue weighted by Crippen LogP contribution is -2.28. The Morgan fingerprint density at radius 2 is 2.18 bits per heavy atom. The van der Waals surface area contributed by atoms with Gasteiger partial charge in [0, 0.05) is 25.0 Å². The fourth-order valence-electron chi connectivity index (χ4n) is 1.27. The standard InChI is InChI=1S/C11H12N4O2/c1-8-6-10(15-17-8)14-11(16)13-7-9-2-4-12-5-3-9/h2-6H,7H2,1H3,(H2,13,14,15,16). The van der Waals surface area contributed by atoms with Crippen molar-refractivity contribution in [1.29, 1.82) is 0 Å². The zero-order valence-corrected chi connectivity index (χ0v) is 9.30. The van der Waals surface area contributed by atoms with Crippen LogP contribution in [0.4, 0.5) is 10.6 Å². The molecule has 2 N–H and O–H groups in total.